The number of thiazole rings is 1. The van der Waals surface area contributed by atoms with Crippen molar-refractivity contribution in [3.05, 3.63) is 58.6 Å². The quantitative estimate of drug-likeness (QED) is 0.526. The summed E-state index contributed by atoms with van der Waals surface area (Å²) in [7, 11) is 0. The molecule has 0 atom stereocenters. The summed E-state index contributed by atoms with van der Waals surface area (Å²) >= 11 is 1.62. The Balaban J connectivity index is 1.30. The number of halogens is 1. The van der Waals surface area contributed by atoms with E-state index >= 15 is 0 Å². The van der Waals surface area contributed by atoms with Crippen LogP contribution in [0.2, 0.25) is 0 Å². The summed E-state index contributed by atoms with van der Waals surface area (Å²) < 4.78 is 20.2. The van der Waals surface area contributed by atoms with Gasteiger partial charge in [-0.2, -0.15) is 5.06 Å². The van der Waals surface area contributed by atoms with Crippen molar-refractivity contribution in [3.63, 3.8) is 0 Å². The van der Waals surface area contributed by atoms with E-state index < -0.39 is 0 Å². The molecule has 8 heteroatoms. The molecule has 6 nitrogen and oxygen atoms in total. The molecular formula is C25H25FN4O2S. The van der Waals surface area contributed by atoms with Crippen LogP contribution in [0.4, 0.5) is 10.2 Å². The van der Waals surface area contributed by atoms with Crippen molar-refractivity contribution in [1.29, 1.82) is 0 Å². The first-order chi connectivity index (χ1) is 16.0. The van der Waals surface area contributed by atoms with E-state index in [1.807, 2.05) is 12.3 Å². The second-order valence-electron chi connectivity index (χ2n) is 8.54. The van der Waals surface area contributed by atoms with Crippen molar-refractivity contribution in [1.82, 2.24) is 15.0 Å². The van der Waals surface area contributed by atoms with Crippen molar-refractivity contribution in [2.24, 2.45) is 5.92 Å². The number of rotatable bonds is 5. The van der Waals surface area contributed by atoms with Gasteiger partial charge in [0.2, 0.25) is 0 Å². The summed E-state index contributed by atoms with van der Waals surface area (Å²) in [4.78, 5) is 9.84. The van der Waals surface area contributed by atoms with E-state index in [0.717, 1.165) is 46.7 Å². The van der Waals surface area contributed by atoms with Gasteiger partial charge in [-0.1, -0.05) is 11.8 Å². The normalized spacial score (nSPS) is 16.9. The summed E-state index contributed by atoms with van der Waals surface area (Å²) in [5.41, 5.74) is 8.10. The summed E-state index contributed by atoms with van der Waals surface area (Å²) in [6.07, 6.45) is 7.60. The molecule has 1 saturated carbocycles. The number of hydrogen-bond donors (Lipinski definition) is 2. The van der Waals surface area contributed by atoms with Crippen LogP contribution in [-0.4, -0.2) is 33.3 Å². The summed E-state index contributed by atoms with van der Waals surface area (Å²) in [6.45, 7) is 1.35. The van der Waals surface area contributed by atoms with E-state index in [9.17, 15) is 9.60 Å². The number of hydrogen-bond acceptors (Lipinski definition) is 7. The monoisotopic (exact) mass is 464 g/mol. The lowest BCUT2D eigenvalue weighted by Gasteiger charge is -2.25. The Bertz CT molecular complexity index is 1210. The number of anilines is 1. The molecule has 1 aromatic carbocycles. The van der Waals surface area contributed by atoms with Gasteiger partial charge in [0, 0.05) is 54.0 Å². The highest BCUT2D eigenvalue weighted by Gasteiger charge is 2.22. The Morgan fingerprint density at radius 2 is 1.97 bits per heavy atom. The highest BCUT2D eigenvalue weighted by atomic mass is 32.1. The largest absolute Gasteiger partial charge is 0.485 e. The van der Waals surface area contributed by atoms with Gasteiger partial charge in [-0.05, 0) is 49.9 Å². The average molecular weight is 465 g/mol. The van der Waals surface area contributed by atoms with E-state index in [-0.39, 0.29) is 18.2 Å². The van der Waals surface area contributed by atoms with Crippen molar-refractivity contribution < 1.29 is 14.3 Å². The molecule has 33 heavy (non-hydrogen) atoms. The second kappa shape index (κ2) is 9.48. The third-order valence-electron chi connectivity index (χ3n) is 5.94. The molecule has 1 aliphatic heterocycles. The molecule has 3 N–H and O–H groups in total. The lowest BCUT2D eigenvalue weighted by Crippen LogP contribution is -2.29. The molecule has 1 aliphatic carbocycles. The molecule has 0 amide bonds. The zero-order valence-corrected chi connectivity index (χ0v) is 18.9. The fourth-order valence-corrected chi connectivity index (χ4v) is 4.83. The summed E-state index contributed by atoms with van der Waals surface area (Å²) in [5, 5.41) is 12.0. The maximum absolute atomic E-state index is 14.3. The number of aromatic nitrogens is 2. The molecule has 3 aromatic rings. The number of nitrogens with zero attached hydrogens (tertiary/aromatic N) is 3. The van der Waals surface area contributed by atoms with Crippen LogP contribution in [0.15, 0.2) is 36.7 Å². The first-order valence-electron chi connectivity index (χ1n) is 11.1. The molecular weight excluding hydrogens is 439 g/mol. The van der Waals surface area contributed by atoms with E-state index in [2.05, 4.69) is 21.8 Å². The van der Waals surface area contributed by atoms with Crippen LogP contribution in [0.3, 0.4) is 0 Å². The minimum atomic E-state index is -0.337. The Labute approximate surface area is 196 Å². The van der Waals surface area contributed by atoms with Crippen LogP contribution in [0.25, 0.3) is 10.4 Å². The molecule has 0 radical (unpaired) electrons. The minimum Gasteiger partial charge on any atom is -0.485 e. The maximum Gasteiger partial charge on any atom is 0.166 e. The van der Waals surface area contributed by atoms with Gasteiger partial charge in [0.25, 0.3) is 0 Å². The Kier molecular flexibility index (Phi) is 6.27. The zero-order chi connectivity index (χ0) is 22.8. The lowest BCUT2D eigenvalue weighted by atomic mass is 9.99. The van der Waals surface area contributed by atoms with Crippen LogP contribution in [0, 0.1) is 23.6 Å². The smallest absolute Gasteiger partial charge is 0.166 e. The van der Waals surface area contributed by atoms with E-state index in [0.29, 0.717) is 36.2 Å². The Hall–Kier alpha value is -2.99. The van der Waals surface area contributed by atoms with Crippen molar-refractivity contribution in [3.8, 4) is 28.0 Å². The Morgan fingerprint density at radius 1 is 1.15 bits per heavy atom. The minimum absolute atomic E-state index is 0.0355. The average Bonchev–Trinajstić information content (AvgIpc) is 3.53. The molecule has 0 bridgehead atoms. The highest BCUT2D eigenvalue weighted by Crippen LogP contribution is 2.36. The van der Waals surface area contributed by atoms with Crippen LogP contribution in [0.5, 0.6) is 5.75 Å². The molecule has 0 unspecified atom stereocenters. The Morgan fingerprint density at radius 3 is 2.76 bits per heavy atom. The summed E-state index contributed by atoms with van der Waals surface area (Å²) in [6, 6.07) is 6.67. The standard InChI is InChI=1S/C25H25FN4O2S/c26-21-6-5-17(4-3-16-1-2-16)11-20(21)15-32-22-12-19(13-28-24(22)27)23-14-29-25(33-23)18-7-9-30(31)10-8-18/h5-6,11-14,16,18,31H,1-2,7-10,15H2,(H2,27,28). The van der Waals surface area contributed by atoms with Gasteiger partial charge in [0.1, 0.15) is 12.4 Å². The number of ether oxygens (including phenoxy) is 1. The second-order valence-corrected chi connectivity index (χ2v) is 9.60. The number of pyridine rings is 1. The fraction of sp³-hybridized carbons (Fsp3) is 0.360. The third-order valence-corrected chi connectivity index (χ3v) is 7.15. The van der Waals surface area contributed by atoms with Gasteiger partial charge < -0.3 is 15.7 Å². The molecule has 2 aliphatic rings. The van der Waals surface area contributed by atoms with E-state index in [1.54, 1.807) is 29.7 Å². The number of piperidine rings is 1. The SMILES string of the molecule is Nc1ncc(-c2cnc(C3CCN(O)CC3)s2)cc1OCc1cc(C#CC2CC2)ccc1F. The first kappa shape index (κ1) is 21.8. The molecule has 0 spiro atoms. The molecule has 2 fully saturated rings. The number of nitrogens with two attached hydrogens (primary N) is 1. The van der Waals surface area contributed by atoms with Gasteiger partial charge in [-0.3, -0.25) is 0 Å². The summed E-state index contributed by atoms with van der Waals surface area (Å²) in [5.74, 6) is 7.47. The molecule has 3 heterocycles. The number of benzene rings is 1. The molecule has 170 valence electrons. The first-order valence-corrected chi connectivity index (χ1v) is 11.9. The third kappa shape index (κ3) is 5.33. The molecule has 2 aromatic heterocycles. The van der Waals surface area contributed by atoms with Gasteiger partial charge in [-0.25, -0.2) is 14.4 Å². The van der Waals surface area contributed by atoms with Crippen LogP contribution < -0.4 is 10.5 Å². The van der Waals surface area contributed by atoms with Crippen molar-refractivity contribution >= 4 is 17.2 Å². The van der Waals surface area contributed by atoms with Crippen molar-refractivity contribution in [2.45, 2.75) is 38.2 Å². The van der Waals surface area contributed by atoms with Gasteiger partial charge in [0.05, 0.1) is 9.88 Å². The van der Waals surface area contributed by atoms with E-state index in [4.69, 9.17) is 10.5 Å². The topological polar surface area (TPSA) is 84.5 Å². The van der Waals surface area contributed by atoms with Crippen LogP contribution >= 0.6 is 11.3 Å². The van der Waals surface area contributed by atoms with E-state index in [1.165, 1.54) is 11.1 Å². The number of nitrogen functional groups attached to an aromatic ring is 1. The molecule has 1 saturated heterocycles. The van der Waals surface area contributed by atoms with Crippen molar-refractivity contribution in [2.75, 3.05) is 18.8 Å². The lowest BCUT2D eigenvalue weighted by molar-refractivity contribution is -0.106. The predicted octanol–water partition coefficient (Wildman–Crippen LogP) is 4.84. The van der Waals surface area contributed by atoms with Crippen LogP contribution in [0.1, 0.15) is 47.7 Å². The van der Waals surface area contributed by atoms with Gasteiger partial charge in [0.15, 0.2) is 11.6 Å². The fourth-order valence-electron chi connectivity index (χ4n) is 3.76. The molecule has 5 rings (SSSR count). The zero-order valence-electron chi connectivity index (χ0n) is 18.1. The van der Waals surface area contributed by atoms with Crippen LogP contribution in [-0.2, 0) is 6.61 Å². The highest BCUT2D eigenvalue weighted by molar-refractivity contribution is 7.15. The maximum atomic E-state index is 14.3. The van der Waals surface area contributed by atoms with Gasteiger partial charge >= 0.3 is 0 Å². The number of hydroxylamine groups is 2. The van der Waals surface area contributed by atoms with Gasteiger partial charge in [-0.15, -0.1) is 11.3 Å². The predicted molar refractivity (Wildman–Crippen MR) is 125 cm³/mol.